The minimum absolute atomic E-state index is 0.0544. The quantitative estimate of drug-likeness (QED) is 0.661. The van der Waals surface area contributed by atoms with Gasteiger partial charge in [0.05, 0.1) is 11.4 Å². The summed E-state index contributed by atoms with van der Waals surface area (Å²) in [7, 11) is 0. The smallest absolute Gasteiger partial charge is 0.231 e. The summed E-state index contributed by atoms with van der Waals surface area (Å²) in [6.07, 6.45) is 2.82. The maximum Gasteiger partial charge on any atom is 0.231 e. The molecule has 2 fully saturated rings. The van der Waals surface area contributed by atoms with Crippen molar-refractivity contribution in [1.29, 1.82) is 0 Å². The molecule has 0 bridgehead atoms. The van der Waals surface area contributed by atoms with Crippen molar-refractivity contribution < 1.29 is 19.1 Å². The van der Waals surface area contributed by atoms with E-state index in [1.165, 1.54) is 12.0 Å². The Labute approximate surface area is 206 Å². The standard InChI is InChI=1S/C27H32N4O4/c32-26(29-14-12-28(13-15-29)17-20-7-8-24-25(16-20)35-19-34-24)9-10-27(33)31-18-21-4-3-11-30(21)22-5-1-2-6-23(22)31/h1-2,5-8,16,21H,3-4,9-15,17-19H2/t21-/m1/s1. The van der Waals surface area contributed by atoms with Crippen LogP contribution in [0.2, 0.25) is 0 Å². The molecule has 0 N–H and O–H groups in total. The van der Waals surface area contributed by atoms with Gasteiger partial charge in [0.2, 0.25) is 18.6 Å². The van der Waals surface area contributed by atoms with E-state index >= 15 is 0 Å². The summed E-state index contributed by atoms with van der Waals surface area (Å²) >= 11 is 0. The fourth-order valence-electron chi connectivity index (χ4n) is 5.78. The van der Waals surface area contributed by atoms with Crippen LogP contribution < -0.4 is 19.3 Å². The van der Waals surface area contributed by atoms with Gasteiger partial charge in [-0.3, -0.25) is 14.5 Å². The molecule has 4 heterocycles. The molecule has 4 aliphatic heterocycles. The third-order valence-electron chi connectivity index (χ3n) is 7.67. The number of carbonyl (C=O) groups is 2. The van der Waals surface area contributed by atoms with Crippen molar-refractivity contribution in [2.24, 2.45) is 0 Å². The fraction of sp³-hybridized carbons (Fsp3) is 0.481. The molecule has 8 heteroatoms. The van der Waals surface area contributed by atoms with Crippen molar-refractivity contribution in [2.45, 2.75) is 38.3 Å². The summed E-state index contributed by atoms with van der Waals surface area (Å²) in [4.78, 5) is 34.7. The van der Waals surface area contributed by atoms with Crippen LogP contribution in [-0.4, -0.2) is 73.7 Å². The van der Waals surface area contributed by atoms with Gasteiger partial charge in [-0.2, -0.15) is 0 Å². The van der Waals surface area contributed by atoms with Gasteiger partial charge in [-0.1, -0.05) is 18.2 Å². The van der Waals surface area contributed by atoms with E-state index in [2.05, 4.69) is 21.9 Å². The molecule has 184 valence electrons. The van der Waals surface area contributed by atoms with E-state index in [-0.39, 0.29) is 31.4 Å². The number of amides is 2. The number of anilines is 2. The minimum Gasteiger partial charge on any atom is -0.454 e. The van der Waals surface area contributed by atoms with Crippen molar-refractivity contribution in [1.82, 2.24) is 9.80 Å². The number of benzene rings is 2. The highest BCUT2D eigenvalue weighted by Crippen LogP contribution is 2.39. The van der Waals surface area contributed by atoms with E-state index in [0.29, 0.717) is 19.1 Å². The van der Waals surface area contributed by atoms with Crippen LogP contribution in [0.25, 0.3) is 0 Å². The van der Waals surface area contributed by atoms with E-state index in [0.717, 1.165) is 62.0 Å². The summed E-state index contributed by atoms with van der Waals surface area (Å²) in [6, 6.07) is 14.6. The molecule has 0 radical (unpaired) electrons. The summed E-state index contributed by atoms with van der Waals surface area (Å²) in [5, 5.41) is 0. The molecule has 4 aliphatic rings. The average Bonchev–Trinajstić information content (AvgIpc) is 3.56. The topological polar surface area (TPSA) is 65.6 Å². The molecule has 1 atom stereocenters. The average molecular weight is 477 g/mol. The maximum atomic E-state index is 13.2. The first-order chi connectivity index (χ1) is 17.2. The van der Waals surface area contributed by atoms with Gasteiger partial charge in [-0.15, -0.1) is 0 Å². The number of carbonyl (C=O) groups excluding carboxylic acids is 2. The molecule has 35 heavy (non-hydrogen) atoms. The van der Waals surface area contributed by atoms with Crippen molar-refractivity contribution in [3.63, 3.8) is 0 Å². The molecule has 2 saturated heterocycles. The summed E-state index contributed by atoms with van der Waals surface area (Å²) in [5.74, 6) is 1.73. The van der Waals surface area contributed by atoms with E-state index in [4.69, 9.17) is 9.47 Å². The largest absolute Gasteiger partial charge is 0.454 e. The molecule has 2 amide bonds. The number of hydrogen-bond acceptors (Lipinski definition) is 6. The number of ether oxygens (including phenoxy) is 2. The highest BCUT2D eigenvalue weighted by Gasteiger charge is 2.36. The van der Waals surface area contributed by atoms with Gasteiger partial charge in [-0.05, 0) is 42.7 Å². The molecule has 2 aromatic carbocycles. The lowest BCUT2D eigenvalue weighted by Gasteiger charge is -2.40. The minimum atomic E-state index is 0.0544. The Hall–Kier alpha value is -3.26. The molecule has 2 aromatic rings. The lowest BCUT2D eigenvalue weighted by molar-refractivity contribution is -0.134. The zero-order valence-corrected chi connectivity index (χ0v) is 20.0. The third-order valence-corrected chi connectivity index (χ3v) is 7.67. The highest BCUT2D eigenvalue weighted by atomic mass is 16.7. The van der Waals surface area contributed by atoms with Crippen molar-refractivity contribution in [3.05, 3.63) is 48.0 Å². The van der Waals surface area contributed by atoms with Crippen molar-refractivity contribution in [3.8, 4) is 11.5 Å². The Morgan fingerprint density at radius 2 is 1.63 bits per heavy atom. The number of piperazine rings is 1. The first kappa shape index (κ1) is 22.2. The zero-order valence-electron chi connectivity index (χ0n) is 20.0. The first-order valence-electron chi connectivity index (χ1n) is 12.7. The second kappa shape index (κ2) is 9.41. The second-order valence-corrected chi connectivity index (χ2v) is 9.83. The predicted octanol–water partition coefficient (Wildman–Crippen LogP) is 2.86. The van der Waals surface area contributed by atoms with Crippen LogP contribution in [0, 0.1) is 0 Å². The molecular formula is C27H32N4O4. The van der Waals surface area contributed by atoms with E-state index in [9.17, 15) is 9.59 Å². The highest BCUT2D eigenvalue weighted by molar-refractivity contribution is 5.99. The van der Waals surface area contributed by atoms with E-state index < -0.39 is 0 Å². The molecule has 8 nitrogen and oxygen atoms in total. The maximum absolute atomic E-state index is 13.2. The van der Waals surface area contributed by atoms with Gasteiger partial charge in [0.25, 0.3) is 0 Å². The van der Waals surface area contributed by atoms with Gasteiger partial charge in [0.15, 0.2) is 11.5 Å². The fourth-order valence-corrected chi connectivity index (χ4v) is 5.78. The van der Waals surface area contributed by atoms with Crippen LogP contribution in [0.1, 0.15) is 31.2 Å². The Bertz CT molecular complexity index is 1110. The van der Waals surface area contributed by atoms with E-state index in [1.807, 2.05) is 40.1 Å². The number of fused-ring (bicyclic) bond motifs is 4. The van der Waals surface area contributed by atoms with Gasteiger partial charge < -0.3 is 24.2 Å². The number of hydrogen-bond donors (Lipinski definition) is 0. The van der Waals surface area contributed by atoms with Crippen molar-refractivity contribution in [2.75, 3.05) is 55.9 Å². The number of nitrogens with zero attached hydrogens (tertiary/aromatic N) is 4. The van der Waals surface area contributed by atoms with Crippen LogP contribution in [0.15, 0.2) is 42.5 Å². The molecule has 0 spiro atoms. The van der Waals surface area contributed by atoms with Crippen LogP contribution in [-0.2, 0) is 16.1 Å². The molecule has 6 rings (SSSR count). The number of para-hydroxylation sites is 2. The normalized spacial score (nSPS) is 21.1. The second-order valence-electron chi connectivity index (χ2n) is 9.83. The molecule has 0 aromatic heterocycles. The summed E-state index contributed by atoms with van der Waals surface area (Å²) in [5.41, 5.74) is 3.32. The predicted molar refractivity (Wildman–Crippen MR) is 133 cm³/mol. The van der Waals surface area contributed by atoms with Gasteiger partial charge >= 0.3 is 0 Å². The van der Waals surface area contributed by atoms with Gasteiger partial charge in [0, 0.05) is 64.7 Å². The Morgan fingerprint density at radius 3 is 2.49 bits per heavy atom. The molecule has 0 unspecified atom stereocenters. The zero-order chi connectivity index (χ0) is 23.8. The van der Waals surface area contributed by atoms with Gasteiger partial charge in [0.1, 0.15) is 0 Å². The summed E-state index contributed by atoms with van der Waals surface area (Å²) in [6.45, 7) is 5.93. The Morgan fingerprint density at radius 1 is 0.857 bits per heavy atom. The molecule has 0 saturated carbocycles. The molecule has 0 aliphatic carbocycles. The Kier molecular flexibility index (Phi) is 5.98. The lowest BCUT2D eigenvalue weighted by Crippen LogP contribution is -2.49. The first-order valence-corrected chi connectivity index (χ1v) is 12.7. The lowest BCUT2D eigenvalue weighted by atomic mass is 10.1. The van der Waals surface area contributed by atoms with Crippen LogP contribution in [0.5, 0.6) is 11.5 Å². The molecular weight excluding hydrogens is 444 g/mol. The number of rotatable bonds is 5. The van der Waals surface area contributed by atoms with Gasteiger partial charge in [-0.25, -0.2) is 0 Å². The SMILES string of the molecule is O=C(CCC(=O)N1C[C@H]2CCCN2c2ccccc21)N1CCN(Cc2ccc3c(c2)OCO3)CC1. The van der Waals surface area contributed by atoms with Crippen LogP contribution >= 0.6 is 0 Å². The van der Waals surface area contributed by atoms with Crippen LogP contribution in [0.3, 0.4) is 0 Å². The van der Waals surface area contributed by atoms with Crippen molar-refractivity contribution >= 4 is 23.2 Å². The van der Waals surface area contributed by atoms with Crippen LogP contribution in [0.4, 0.5) is 11.4 Å². The monoisotopic (exact) mass is 476 g/mol. The third kappa shape index (κ3) is 4.43. The Balaban J connectivity index is 1.00. The van der Waals surface area contributed by atoms with E-state index in [1.54, 1.807) is 0 Å². The summed E-state index contributed by atoms with van der Waals surface area (Å²) < 4.78 is 10.9.